The van der Waals surface area contributed by atoms with Crippen LogP contribution < -0.4 is 10.2 Å². The summed E-state index contributed by atoms with van der Waals surface area (Å²) in [6, 6.07) is 15.2. The number of likely N-dealkylation sites (tertiary alicyclic amines) is 1. The van der Waals surface area contributed by atoms with Gasteiger partial charge in [-0.1, -0.05) is 35.5 Å². The van der Waals surface area contributed by atoms with Gasteiger partial charge in [-0.3, -0.25) is 0 Å². The lowest BCUT2D eigenvalue weighted by Gasteiger charge is -2.37. The Kier molecular flexibility index (Phi) is 6.63. The van der Waals surface area contributed by atoms with Crippen molar-refractivity contribution in [3.05, 3.63) is 65.8 Å². The van der Waals surface area contributed by atoms with Gasteiger partial charge in [0, 0.05) is 30.9 Å². The van der Waals surface area contributed by atoms with Crippen molar-refractivity contribution in [2.24, 2.45) is 0 Å². The summed E-state index contributed by atoms with van der Waals surface area (Å²) in [5.74, 6) is 0.561. The molecule has 164 valence electrons. The molecule has 2 heterocycles. The lowest BCUT2D eigenvalue weighted by molar-refractivity contribution is 0.252. The van der Waals surface area contributed by atoms with Gasteiger partial charge in [-0.2, -0.15) is 4.98 Å². The van der Waals surface area contributed by atoms with E-state index < -0.39 is 0 Å². The second-order valence-corrected chi connectivity index (χ2v) is 8.34. The van der Waals surface area contributed by atoms with Crippen LogP contribution in [0.3, 0.4) is 0 Å². The highest BCUT2D eigenvalue weighted by atomic mass is 19.1. The number of piperidine rings is 1. The Morgan fingerprint density at radius 1 is 1.19 bits per heavy atom. The smallest absolute Gasteiger partial charge is 0.243 e. The van der Waals surface area contributed by atoms with Gasteiger partial charge in [0.05, 0.1) is 6.04 Å². The lowest BCUT2D eigenvalue weighted by atomic mass is 10.0. The van der Waals surface area contributed by atoms with Crippen LogP contribution in [0.5, 0.6) is 0 Å². The maximum Gasteiger partial charge on any atom is 0.243 e. The summed E-state index contributed by atoms with van der Waals surface area (Å²) < 4.78 is 18.9. The molecule has 6 nitrogen and oxygen atoms in total. The molecule has 1 N–H and O–H groups in total. The number of nitrogens with zero attached hydrogens (tertiary/aromatic N) is 4. The molecule has 1 aliphatic rings. The van der Waals surface area contributed by atoms with E-state index in [1.807, 2.05) is 6.92 Å². The Morgan fingerprint density at radius 3 is 2.74 bits per heavy atom. The Bertz CT molecular complexity index is 999. The number of para-hydroxylation sites is 1. The molecule has 3 aromatic rings. The highest BCUT2D eigenvalue weighted by molar-refractivity contribution is 5.55. The molecule has 7 heteroatoms. The number of halogens is 1. The number of rotatable bonds is 7. The topological polar surface area (TPSA) is 57.4 Å². The van der Waals surface area contributed by atoms with Gasteiger partial charge in [0.2, 0.25) is 11.7 Å². The van der Waals surface area contributed by atoms with Crippen LogP contribution in [-0.2, 0) is 6.54 Å². The first kappa shape index (κ1) is 21.5. The Hall–Kier alpha value is -2.77. The van der Waals surface area contributed by atoms with Crippen LogP contribution in [0.15, 0.2) is 53.1 Å². The first-order valence-corrected chi connectivity index (χ1v) is 10.8. The summed E-state index contributed by atoms with van der Waals surface area (Å²) in [4.78, 5) is 9.26. The normalized spacial score (nSPS) is 16.4. The van der Waals surface area contributed by atoms with Crippen molar-refractivity contribution in [3.63, 3.8) is 0 Å². The number of benzene rings is 2. The van der Waals surface area contributed by atoms with E-state index in [9.17, 15) is 4.39 Å². The van der Waals surface area contributed by atoms with Gasteiger partial charge >= 0.3 is 0 Å². The highest BCUT2D eigenvalue weighted by Gasteiger charge is 2.22. The van der Waals surface area contributed by atoms with Crippen LogP contribution >= 0.6 is 0 Å². The Labute approximate surface area is 183 Å². The van der Waals surface area contributed by atoms with Crippen LogP contribution in [0.1, 0.15) is 37.3 Å². The molecule has 0 saturated carbocycles. The van der Waals surface area contributed by atoms with Crippen molar-refractivity contribution in [2.45, 2.75) is 38.4 Å². The molecule has 0 bridgehead atoms. The van der Waals surface area contributed by atoms with Crippen LogP contribution in [0, 0.1) is 5.82 Å². The maximum atomic E-state index is 13.5. The van der Waals surface area contributed by atoms with Gasteiger partial charge < -0.3 is 19.6 Å². The fraction of sp³-hybridized carbons (Fsp3) is 0.417. The molecule has 1 aliphatic heterocycles. The van der Waals surface area contributed by atoms with E-state index in [1.54, 1.807) is 12.1 Å². The van der Waals surface area contributed by atoms with Gasteiger partial charge in [0.25, 0.3) is 0 Å². The molecular formula is C24H30FN5O. The number of aromatic nitrogens is 2. The molecule has 0 radical (unpaired) electrons. The van der Waals surface area contributed by atoms with Crippen molar-refractivity contribution < 1.29 is 8.91 Å². The molecular weight excluding hydrogens is 393 g/mol. The minimum Gasteiger partial charge on any atom is -0.371 e. The first-order valence-electron chi connectivity index (χ1n) is 10.8. The van der Waals surface area contributed by atoms with Crippen LogP contribution in [0.25, 0.3) is 11.4 Å². The van der Waals surface area contributed by atoms with Crippen LogP contribution in [-0.4, -0.2) is 48.3 Å². The summed E-state index contributed by atoms with van der Waals surface area (Å²) in [6.45, 7) is 4.95. The average Bonchev–Trinajstić information content (AvgIpc) is 3.28. The zero-order chi connectivity index (χ0) is 21.8. The van der Waals surface area contributed by atoms with Gasteiger partial charge in [0.15, 0.2) is 0 Å². The largest absolute Gasteiger partial charge is 0.371 e. The van der Waals surface area contributed by atoms with Gasteiger partial charge in [-0.15, -0.1) is 0 Å². The minimum atomic E-state index is -0.319. The molecule has 0 amide bonds. The molecule has 1 saturated heterocycles. The van der Waals surface area contributed by atoms with Gasteiger partial charge in [-0.25, -0.2) is 4.39 Å². The van der Waals surface area contributed by atoms with Crippen molar-refractivity contribution in [1.82, 2.24) is 20.4 Å². The molecule has 1 unspecified atom stereocenters. The molecule has 4 rings (SSSR count). The molecule has 1 fully saturated rings. The average molecular weight is 424 g/mol. The van der Waals surface area contributed by atoms with Crippen molar-refractivity contribution in [3.8, 4) is 11.4 Å². The second-order valence-electron chi connectivity index (χ2n) is 8.34. The predicted octanol–water partition coefficient (Wildman–Crippen LogP) is 4.26. The van der Waals surface area contributed by atoms with Crippen LogP contribution in [0.4, 0.5) is 10.1 Å². The first-order chi connectivity index (χ1) is 15.0. The highest BCUT2D eigenvalue weighted by Crippen LogP contribution is 2.26. The van der Waals surface area contributed by atoms with Crippen LogP contribution in [0.2, 0.25) is 0 Å². The number of hydrogen-bond acceptors (Lipinski definition) is 6. The summed E-state index contributed by atoms with van der Waals surface area (Å²) in [6.07, 6.45) is 2.35. The monoisotopic (exact) mass is 423 g/mol. The molecule has 0 aliphatic carbocycles. The van der Waals surface area contributed by atoms with Crippen molar-refractivity contribution >= 4 is 5.69 Å². The third-order valence-corrected chi connectivity index (χ3v) is 6.10. The molecule has 1 aromatic heterocycles. The number of hydrogen-bond donors (Lipinski definition) is 1. The molecule has 31 heavy (non-hydrogen) atoms. The van der Waals surface area contributed by atoms with E-state index in [0.29, 0.717) is 29.9 Å². The lowest BCUT2D eigenvalue weighted by Crippen LogP contribution is -2.42. The minimum absolute atomic E-state index is 0.128. The predicted molar refractivity (Wildman–Crippen MR) is 120 cm³/mol. The number of anilines is 1. The van der Waals surface area contributed by atoms with E-state index in [2.05, 4.69) is 63.6 Å². The fourth-order valence-corrected chi connectivity index (χ4v) is 4.09. The van der Waals surface area contributed by atoms with E-state index >= 15 is 0 Å². The molecule has 1 atom stereocenters. The SMILES string of the molecule is CC(NCc1ccccc1N(C)C1CCN(C)CC1)c1nc(-c2cccc(F)c2)no1. The zero-order valence-corrected chi connectivity index (χ0v) is 18.4. The quantitative estimate of drug-likeness (QED) is 0.613. The van der Waals surface area contributed by atoms with Crippen molar-refractivity contribution in [2.75, 3.05) is 32.1 Å². The van der Waals surface area contributed by atoms with Gasteiger partial charge in [-0.05, 0) is 63.7 Å². The third kappa shape index (κ3) is 5.11. The maximum absolute atomic E-state index is 13.5. The van der Waals surface area contributed by atoms with Crippen molar-refractivity contribution in [1.29, 1.82) is 0 Å². The summed E-state index contributed by atoms with van der Waals surface area (Å²) in [5.41, 5.74) is 3.09. The number of nitrogens with one attached hydrogen (secondary N) is 1. The fourth-order valence-electron chi connectivity index (χ4n) is 4.09. The van der Waals surface area contributed by atoms with E-state index in [-0.39, 0.29) is 11.9 Å². The Morgan fingerprint density at radius 2 is 1.97 bits per heavy atom. The second kappa shape index (κ2) is 9.58. The summed E-state index contributed by atoms with van der Waals surface area (Å²) in [7, 11) is 4.38. The molecule has 0 spiro atoms. The Balaban J connectivity index is 1.42. The van der Waals surface area contributed by atoms with E-state index in [4.69, 9.17) is 4.52 Å². The summed E-state index contributed by atoms with van der Waals surface area (Å²) in [5, 5.41) is 7.50. The standard InChI is InChI=1S/C24H30FN5O/c1-17(24-27-23(28-31-24)18-8-6-9-20(25)15-18)26-16-19-7-4-5-10-22(19)30(3)21-11-13-29(2)14-12-21/h4-10,15,17,21,26H,11-14,16H2,1-3H3. The van der Waals surface area contributed by atoms with E-state index in [1.165, 1.54) is 36.2 Å². The third-order valence-electron chi connectivity index (χ3n) is 6.10. The summed E-state index contributed by atoms with van der Waals surface area (Å²) >= 11 is 0. The van der Waals surface area contributed by atoms with E-state index in [0.717, 1.165) is 13.1 Å². The molecule has 2 aromatic carbocycles. The van der Waals surface area contributed by atoms with Gasteiger partial charge in [0.1, 0.15) is 5.82 Å². The zero-order valence-electron chi connectivity index (χ0n) is 18.4.